The van der Waals surface area contributed by atoms with Crippen molar-refractivity contribution in [2.75, 3.05) is 27.4 Å². The standard InChI is InChI=1S/C21H22BrN3O5/c1-28-18-4-3-5-19(29-2)20(18)30-12-15(26)11-23-21(27)17-10-16(24-25-17)13-6-8-14(22)9-7-13/h3-10,15,26H,11-12H2,1-2H3,(H,23,27)(H,24,25). The van der Waals surface area contributed by atoms with Gasteiger partial charge in [0.15, 0.2) is 11.5 Å². The van der Waals surface area contributed by atoms with Crippen molar-refractivity contribution in [2.45, 2.75) is 6.10 Å². The van der Waals surface area contributed by atoms with Crippen molar-refractivity contribution in [1.29, 1.82) is 0 Å². The molecule has 0 aliphatic carbocycles. The molecule has 1 atom stereocenters. The highest BCUT2D eigenvalue weighted by atomic mass is 79.9. The van der Waals surface area contributed by atoms with Crippen molar-refractivity contribution in [1.82, 2.24) is 15.5 Å². The minimum absolute atomic E-state index is 0.00291. The number of aliphatic hydroxyl groups excluding tert-OH is 1. The number of rotatable bonds is 9. The summed E-state index contributed by atoms with van der Waals surface area (Å²) < 4.78 is 17.1. The van der Waals surface area contributed by atoms with E-state index in [9.17, 15) is 9.90 Å². The molecule has 0 aliphatic rings. The van der Waals surface area contributed by atoms with E-state index >= 15 is 0 Å². The number of carbonyl (C=O) groups is 1. The van der Waals surface area contributed by atoms with Crippen molar-refractivity contribution in [3.63, 3.8) is 0 Å². The van der Waals surface area contributed by atoms with Crippen LogP contribution in [-0.4, -0.2) is 54.7 Å². The van der Waals surface area contributed by atoms with Gasteiger partial charge in [-0.1, -0.05) is 34.1 Å². The number of aromatic amines is 1. The van der Waals surface area contributed by atoms with Crippen LogP contribution in [0.25, 0.3) is 11.3 Å². The van der Waals surface area contributed by atoms with E-state index in [0.717, 1.165) is 10.0 Å². The van der Waals surface area contributed by atoms with Gasteiger partial charge >= 0.3 is 0 Å². The van der Waals surface area contributed by atoms with Crippen molar-refractivity contribution in [2.24, 2.45) is 0 Å². The maximum Gasteiger partial charge on any atom is 0.269 e. The average Bonchev–Trinajstić information content (AvgIpc) is 3.26. The Balaban J connectivity index is 1.53. The fourth-order valence-corrected chi connectivity index (χ4v) is 2.97. The summed E-state index contributed by atoms with van der Waals surface area (Å²) in [5, 5.41) is 19.7. The number of para-hydroxylation sites is 1. The molecule has 1 heterocycles. The van der Waals surface area contributed by atoms with Crippen molar-refractivity contribution in [3.05, 3.63) is 58.7 Å². The van der Waals surface area contributed by atoms with E-state index in [1.54, 1.807) is 24.3 Å². The number of aliphatic hydroxyl groups is 1. The van der Waals surface area contributed by atoms with Crippen molar-refractivity contribution in [3.8, 4) is 28.5 Å². The molecule has 1 amide bonds. The molecule has 9 heteroatoms. The van der Waals surface area contributed by atoms with Crippen molar-refractivity contribution >= 4 is 21.8 Å². The van der Waals surface area contributed by atoms with Crippen LogP contribution >= 0.6 is 15.9 Å². The van der Waals surface area contributed by atoms with Gasteiger partial charge in [0, 0.05) is 16.6 Å². The third-order valence-corrected chi connectivity index (χ3v) is 4.79. The van der Waals surface area contributed by atoms with Crippen LogP contribution in [0.1, 0.15) is 10.5 Å². The summed E-state index contributed by atoms with van der Waals surface area (Å²) >= 11 is 3.38. The molecular weight excluding hydrogens is 454 g/mol. The summed E-state index contributed by atoms with van der Waals surface area (Å²) in [7, 11) is 3.04. The molecule has 3 N–H and O–H groups in total. The molecule has 2 aromatic carbocycles. The fourth-order valence-electron chi connectivity index (χ4n) is 2.71. The number of nitrogens with zero attached hydrogens (tertiary/aromatic N) is 1. The van der Waals surface area contributed by atoms with Crippen LogP contribution in [0.2, 0.25) is 0 Å². The molecule has 8 nitrogen and oxygen atoms in total. The first-order valence-electron chi connectivity index (χ1n) is 9.13. The molecule has 0 fully saturated rings. The molecule has 158 valence electrons. The third-order valence-electron chi connectivity index (χ3n) is 4.26. The summed E-state index contributed by atoms with van der Waals surface area (Å²) in [6.45, 7) is -0.0485. The second kappa shape index (κ2) is 10.1. The first-order chi connectivity index (χ1) is 14.5. The summed E-state index contributed by atoms with van der Waals surface area (Å²) in [6, 6.07) is 14.5. The zero-order chi connectivity index (χ0) is 21.5. The number of hydrogen-bond acceptors (Lipinski definition) is 6. The highest BCUT2D eigenvalue weighted by Crippen LogP contribution is 2.36. The molecule has 3 aromatic rings. The summed E-state index contributed by atoms with van der Waals surface area (Å²) in [6.07, 6.45) is -0.933. The highest BCUT2D eigenvalue weighted by molar-refractivity contribution is 9.10. The molecule has 0 saturated carbocycles. The molecule has 0 aliphatic heterocycles. The smallest absolute Gasteiger partial charge is 0.269 e. The van der Waals surface area contributed by atoms with Crippen LogP contribution in [0, 0.1) is 0 Å². The molecule has 0 radical (unpaired) electrons. The van der Waals surface area contributed by atoms with Gasteiger partial charge < -0.3 is 24.6 Å². The number of carbonyl (C=O) groups excluding carboxylic acids is 1. The predicted octanol–water partition coefficient (Wildman–Crippen LogP) is 3.03. The quantitative estimate of drug-likeness (QED) is 0.439. The van der Waals surface area contributed by atoms with Crippen molar-refractivity contribution < 1.29 is 24.1 Å². The lowest BCUT2D eigenvalue weighted by atomic mass is 10.1. The monoisotopic (exact) mass is 475 g/mol. The number of hydrogen-bond donors (Lipinski definition) is 3. The first kappa shape index (κ1) is 21.7. The van der Waals surface area contributed by atoms with Gasteiger partial charge in [0.2, 0.25) is 5.75 Å². The lowest BCUT2D eigenvalue weighted by Gasteiger charge is -2.17. The third kappa shape index (κ3) is 5.31. The zero-order valence-electron chi connectivity index (χ0n) is 16.5. The van der Waals surface area contributed by atoms with Crippen LogP contribution in [-0.2, 0) is 0 Å². The largest absolute Gasteiger partial charge is 0.493 e. The molecule has 1 aromatic heterocycles. The van der Waals surface area contributed by atoms with Gasteiger partial charge in [-0.05, 0) is 30.3 Å². The Kier molecular flexibility index (Phi) is 7.31. The number of ether oxygens (including phenoxy) is 3. The molecular formula is C21H22BrN3O5. The Labute approximate surface area is 182 Å². The maximum atomic E-state index is 12.3. The van der Waals surface area contributed by atoms with Gasteiger partial charge in [-0.15, -0.1) is 0 Å². The van der Waals surface area contributed by atoms with Gasteiger partial charge in [-0.25, -0.2) is 0 Å². The maximum absolute atomic E-state index is 12.3. The first-order valence-corrected chi connectivity index (χ1v) is 9.92. The summed E-state index contributed by atoms with van der Waals surface area (Å²) in [4.78, 5) is 12.3. The number of nitrogens with one attached hydrogen (secondary N) is 2. The zero-order valence-corrected chi connectivity index (χ0v) is 18.1. The van der Waals surface area contributed by atoms with E-state index in [-0.39, 0.29) is 19.1 Å². The van der Waals surface area contributed by atoms with E-state index < -0.39 is 6.10 Å². The molecule has 3 rings (SSSR count). The second-order valence-electron chi connectivity index (χ2n) is 6.34. The topological polar surface area (TPSA) is 106 Å². The minimum Gasteiger partial charge on any atom is -0.493 e. The fraction of sp³-hybridized carbons (Fsp3) is 0.238. The Hall–Kier alpha value is -3.04. The SMILES string of the molecule is COc1cccc(OC)c1OCC(O)CNC(=O)c1cc(-c2ccc(Br)cc2)n[nH]1. The van der Waals surface area contributed by atoms with Crippen LogP contribution in [0.3, 0.4) is 0 Å². The Bertz CT molecular complexity index is 968. The summed E-state index contributed by atoms with van der Waals surface area (Å²) in [5.74, 6) is 0.993. The van der Waals surface area contributed by atoms with Crippen LogP contribution in [0.5, 0.6) is 17.2 Å². The van der Waals surface area contributed by atoms with Gasteiger partial charge in [-0.2, -0.15) is 5.10 Å². The lowest BCUT2D eigenvalue weighted by molar-refractivity contribution is 0.0830. The van der Waals surface area contributed by atoms with Crippen LogP contribution < -0.4 is 19.5 Å². The van der Waals surface area contributed by atoms with E-state index in [2.05, 4.69) is 31.4 Å². The number of H-pyrrole nitrogens is 1. The highest BCUT2D eigenvalue weighted by Gasteiger charge is 2.16. The summed E-state index contributed by atoms with van der Waals surface area (Å²) in [5.41, 5.74) is 1.83. The minimum atomic E-state index is -0.933. The number of amides is 1. The molecule has 1 unspecified atom stereocenters. The van der Waals surface area contributed by atoms with Gasteiger partial charge in [0.1, 0.15) is 18.4 Å². The van der Waals surface area contributed by atoms with Gasteiger partial charge in [0.25, 0.3) is 5.91 Å². The van der Waals surface area contributed by atoms with E-state index in [1.165, 1.54) is 14.2 Å². The van der Waals surface area contributed by atoms with E-state index in [4.69, 9.17) is 14.2 Å². The van der Waals surface area contributed by atoms with Crippen LogP contribution in [0.15, 0.2) is 53.0 Å². The predicted molar refractivity (Wildman–Crippen MR) is 115 cm³/mol. The Morgan fingerprint density at radius 3 is 2.47 bits per heavy atom. The molecule has 0 saturated heterocycles. The van der Waals surface area contributed by atoms with Gasteiger partial charge in [-0.3, -0.25) is 9.89 Å². The Morgan fingerprint density at radius 1 is 1.17 bits per heavy atom. The lowest BCUT2D eigenvalue weighted by Crippen LogP contribution is -2.35. The second-order valence-corrected chi connectivity index (χ2v) is 7.26. The number of halogens is 1. The Morgan fingerprint density at radius 2 is 1.83 bits per heavy atom. The number of aromatic nitrogens is 2. The van der Waals surface area contributed by atoms with Gasteiger partial charge in [0.05, 0.1) is 19.9 Å². The number of benzene rings is 2. The van der Waals surface area contributed by atoms with E-state index in [1.807, 2.05) is 24.3 Å². The molecule has 30 heavy (non-hydrogen) atoms. The van der Waals surface area contributed by atoms with E-state index in [0.29, 0.717) is 28.6 Å². The van der Waals surface area contributed by atoms with Crippen LogP contribution in [0.4, 0.5) is 0 Å². The molecule has 0 bridgehead atoms. The normalized spacial score (nSPS) is 11.6. The number of methoxy groups -OCH3 is 2. The molecule has 0 spiro atoms. The average molecular weight is 476 g/mol.